The second-order valence-electron chi connectivity index (χ2n) is 4.31. The van der Waals surface area contributed by atoms with Gasteiger partial charge >= 0.3 is 0 Å². The fourth-order valence-electron chi connectivity index (χ4n) is 2.23. The number of hydrogen-bond donors (Lipinski definition) is 1. The van der Waals surface area contributed by atoms with Crippen molar-refractivity contribution in [1.82, 2.24) is 4.98 Å². The molecule has 0 aliphatic heterocycles. The number of carbonyl (C=O) groups excluding carboxylic acids is 1. The molecule has 0 saturated heterocycles. The lowest BCUT2D eigenvalue weighted by Gasteiger charge is -2.32. The van der Waals surface area contributed by atoms with E-state index in [1.807, 2.05) is 6.07 Å². The highest BCUT2D eigenvalue weighted by atomic mass is 16.1. The molecule has 0 spiro atoms. The van der Waals surface area contributed by atoms with Gasteiger partial charge in [0.2, 0.25) is 0 Å². The van der Waals surface area contributed by atoms with Gasteiger partial charge in [-0.3, -0.25) is 9.78 Å². The fourth-order valence-corrected chi connectivity index (χ4v) is 2.23. The number of nitrogens with two attached hydrogens (primary N) is 1. The minimum Gasteiger partial charge on any atom is -0.320 e. The summed E-state index contributed by atoms with van der Waals surface area (Å²) in [5, 5.41) is 0. The molecule has 0 aromatic carbocycles. The van der Waals surface area contributed by atoms with E-state index in [0.29, 0.717) is 5.56 Å². The van der Waals surface area contributed by atoms with Crippen molar-refractivity contribution in [3.8, 4) is 0 Å². The van der Waals surface area contributed by atoms with Crippen molar-refractivity contribution in [2.45, 2.75) is 37.6 Å². The van der Waals surface area contributed by atoms with Crippen LogP contribution in [0.3, 0.4) is 0 Å². The Balaban J connectivity index is 2.30. The smallest absolute Gasteiger partial charge is 0.150 e. The first-order valence-electron chi connectivity index (χ1n) is 5.45. The number of aromatic nitrogens is 1. The Kier molecular flexibility index (Phi) is 2.82. The van der Waals surface area contributed by atoms with Crippen LogP contribution in [0.4, 0.5) is 0 Å². The average molecular weight is 204 g/mol. The molecule has 1 aromatic heterocycles. The number of carbonyl (C=O) groups is 1. The van der Waals surface area contributed by atoms with Crippen LogP contribution in [0.5, 0.6) is 0 Å². The van der Waals surface area contributed by atoms with Gasteiger partial charge in [0.1, 0.15) is 6.29 Å². The average Bonchev–Trinajstić information content (AvgIpc) is 2.30. The summed E-state index contributed by atoms with van der Waals surface area (Å²) in [5.41, 5.74) is 7.55. The third kappa shape index (κ3) is 2.07. The molecule has 1 heterocycles. The normalized spacial score (nSPS) is 19.8. The highest BCUT2D eigenvalue weighted by molar-refractivity contribution is 5.74. The first-order chi connectivity index (χ1) is 7.24. The van der Waals surface area contributed by atoms with Crippen LogP contribution < -0.4 is 5.73 Å². The maximum Gasteiger partial charge on any atom is 0.150 e. The number of aldehydes is 1. The van der Waals surface area contributed by atoms with Gasteiger partial charge in [0.15, 0.2) is 0 Å². The van der Waals surface area contributed by atoms with Gasteiger partial charge in [-0.1, -0.05) is 19.3 Å². The second-order valence-corrected chi connectivity index (χ2v) is 4.31. The molecule has 1 aromatic rings. The Labute approximate surface area is 89.7 Å². The number of rotatable bonds is 2. The minimum absolute atomic E-state index is 0.308. The standard InChI is InChI=1S/C12H16N2O/c13-12(5-2-1-3-6-12)11-8-10(9-15)4-7-14-11/h4,7-9H,1-3,5-6,13H2. The summed E-state index contributed by atoms with van der Waals surface area (Å²) in [5.74, 6) is 0. The van der Waals surface area contributed by atoms with E-state index >= 15 is 0 Å². The van der Waals surface area contributed by atoms with Gasteiger partial charge in [-0.2, -0.15) is 0 Å². The molecule has 0 unspecified atom stereocenters. The van der Waals surface area contributed by atoms with Crippen LogP contribution in [0.1, 0.15) is 48.2 Å². The van der Waals surface area contributed by atoms with Crippen molar-refractivity contribution in [2.75, 3.05) is 0 Å². The Bertz CT molecular complexity index is 356. The Morgan fingerprint density at radius 1 is 1.33 bits per heavy atom. The molecule has 3 nitrogen and oxygen atoms in total. The largest absolute Gasteiger partial charge is 0.320 e. The summed E-state index contributed by atoms with van der Waals surface area (Å²) in [7, 11) is 0. The molecule has 2 N–H and O–H groups in total. The van der Waals surface area contributed by atoms with Crippen LogP contribution in [0.2, 0.25) is 0 Å². The first kappa shape index (κ1) is 10.3. The van der Waals surface area contributed by atoms with Crippen molar-refractivity contribution in [2.24, 2.45) is 5.73 Å². The van der Waals surface area contributed by atoms with Crippen molar-refractivity contribution in [3.05, 3.63) is 29.6 Å². The summed E-state index contributed by atoms with van der Waals surface area (Å²) in [6.07, 6.45) is 8.03. The zero-order valence-electron chi connectivity index (χ0n) is 8.78. The molecule has 80 valence electrons. The van der Waals surface area contributed by atoms with Crippen molar-refractivity contribution in [3.63, 3.8) is 0 Å². The van der Waals surface area contributed by atoms with Crippen LogP contribution in [0.15, 0.2) is 18.3 Å². The SMILES string of the molecule is NC1(c2cc(C=O)ccn2)CCCCC1. The lowest BCUT2D eigenvalue weighted by Crippen LogP contribution is -2.39. The lowest BCUT2D eigenvalue weighted by atomic mass is 9.79. The molecule has 1 saturated carbocycles. The van der Waals surface area contributed by atoms with E-state index in [-0.39, 0.29) is 5.54 Å². The van der Waals surface area contributed by atoms with Crippen LogP contribution in [-0.4, -0.2) is 11.3 Å². The molecule has 0 atom stereocenters. The number of pyridine rings is 1. The Morgan fingerprint density at radius 2 is 2.07 bits per heavy atom. The molecule has 0 radical (unpaired) electrons. The Morgan fingerprint density at radius 3 is 2.73 bits per heavy atom. The van der Waals surface area contributed by atoms with Crippen molar-refractivity contribution >= 4 is 6.29 Å². The minimum atomic E-state index is -0.308. The second kappa shape index (κ2) is 4.11. The van der Waals surface area contributed by atoms with E-state index in [1.54, 1.807) is 12.3 Å². The molecular formula is C12H16N2O. The number of nitrogens with zero attached hydrogens (tertiary/aromatic N) is 1. The van der Waals surface area contributed by atoms with E-state index in [4.69, 9.17) is 5.73 Å². The topological polar surface area (TPSA) is 56.0 Å². The van der Waals surface area contributed by atoms with Gasteiger partial charge < -0.3 is 5.73 Å². The van der Waals surface area contributed by atoms with Gasteiger partial charge in [-0.15, -0.1) is 0 Å². The van der Waals surface area contributed by atoms with E-state index in [0.717, 1.165) is 37.7 Å². The van der Waals surface area contributed by atoms with Gasteiger partial charge in [-0.05, 0) is 25.0 Å². The van der Waals surface area contributed by atoms with E-state index in [1.165, 1.54) is 6.42 Å². The summed E-state index contributed by atoms with van der Waals surface area (Å²) >= 11 is 0. The van der Waals surface area contributed by atoms with Crippen LogP contribution >= 0.6 is 0 Å². The van der Waals surface area contributed by atoms with Crippen LogP contribution in [-0.2, 0) is 5.54 Å². The maximum absolute atomic E-state index is 10.7. The molecule has 3 heteroatoms. The molecule has 1 fully saturated rings. The lowest BCUT2D eigenvalue weighted by molar-refractivity contribution is 0.112. The maximum atomic E-state index is 10.7. The summed E-state index contributed by atoms with van der Waals surface area (Å²) in [6, 6.07) is 3.53. The third-order valence-corrected chi connectivity index (χ3v) is 3.18. The highest BCUT2D eigenvalue weighted by Gasteiger charge is 2.30. The van der Waals surface area contributed by atoms with Crippen molar-refractivity contribution in [1.29, 1.82) is 0 Å². The third-order valence-electron chi connectivity index (χ3n) is 3.18. The molecule has 1 aliphatic carbocycles. The summed E-state index contributed by atoms with van der Waals surface area (Å²) in [6.45, 7) is 0. The zero-order chi connectivity index (χ0) is 10.7. The Hall–Kier alpha value is -1.22. The number of hydrogen-bond acceptors (Lipinski definition) is 3. The molecule has 0 amide bonds. The first-order valence-corrected chi connectivity index (χ1v) is 5.45. The molecule has 2 rings (SSSR count). The summed E-state index contributed by atoms with van der Waals surface area (Å²) in [4.78, 5) is 15.0. The fraction of sp³-hybridized carbons (Fsp3) is 0.500. The van der Waals surface area contributed by atoms with Crippen LogP contribution in [0, 0.1) is 0 Å². The van der Waals surface area contributed by atoms with Gasteiger partial charge in [0, 0.05) is 11.8 Å². The molecule has 1 aliphatic rings. The monoisotopic (exact) mass is 204 g/mol. The van der Waals surface area contributed by atoms with E-state index < -0.39 is 0 Å². The van der Waals surface area contributed by atoms with E-state index in [2.05, 4.69) is 4.98 Å². The molecule has 0 bridgehead atoms. The molecule has 15 heavy (non-hydrogen) atoms. The predicted molar refractivity (Wildman–Crippen MR) is 58.6 cm³/mol. The summed E-state index contributed by atoms with van der Waals surface area (Å²) < 4.78 is 0. The molecular weight excluding hydrogens is 188 g/mol. The quantitative estimate of drug-likeness (QED) is 0.750. The van der Waals surface area contributed by atoms with Crippen LogP contribution in [0.25, 0.3) is 0 Å². The van der Waals surface area contributed by atoms with Gasteiger partial charge in [-0.25, -0.2) is 0 Å². The van der Waals surface area contributed by atoms with Gasteiger partial charge in [0.05, 0.1) is 11.2 Å². The zero-order valence-corrected chi connectivity index (χ0v) is 8.78. The van der Waals surface area contributed by atoms with Gasteiger partial charge in [0.25, 0.3) is 0 Å². The predicted octanol–water partition coefficient (Wildman–Crippen LogP) is 2.01. The van der Waals surface area contributed by atoms with E-state index in [9.17, 15) is 4.79 Å². The highest BCUT2D eigenvalue weighted by Crippen LogP contribution is 2.33. The van der Waals surface area contributed by atoms with Crippen molar-refractivity contribution < 1.29 is 4.79 Å².